The molecule has 0 aliphatic rings. The molecule has 0 rings (SSSR count). The summed E-state index contributed by atoms with van der Waals surface area (Å²) < 4.78 is 0. The Labute approximate surface area is 62.2 Å². The first-order chi connectivity index (χ1) is 5.07. The van der Waals surface area contributed by atoms with E-state index in [9.17, 15) is 4.79 Å². The van der Waals surface area contributed by atoms with Crippen LogP contribution < -0.4 is 17.2 Å². The van der Waals surface area contributed by atoms with Gasteiger partial charge in [-0.2, -0.15) is 5.26 Å². The molecule has 0 saturated carbocycles. The third kappa shape index (κ3) is 3.47. The first kappa shape index (κ1) is 8.90. The number of amides is 1. The minimum Gasteiger partial charge on any atom is -0.369 e. The monoisotopic (exact) mass is 154 g/mol. The number of hydrogen-bond acceptors (Lipinski definition) is 4. The summed E-state index contributed by atoms with van der Waals surface area (Å²) in [6.45, 7) is 0. The molecular formula is C4H6N6O. The lowest BCUT2D eigenvalue weighted by atomic mass is 10.4. The Morgan fingerprint density at radius 3 is 2.09 bits per heavy atom. The lowest BCUT2D eigenvalue weighted by Crippen LogP contribution is -2.24. The van der Waals surface area contributed by atoms with Gasteiger partial charge in [-0.1, -0.05) is 0 Å². The van der Waals surface area contributed by atoms with E-state index in [1.165, 1.54) is 6.07 Å². The van der Waals surface area contributed by atoms with E-state index in [1.54, 1.807) is 0 Å². The van der Waals surface area contributed by atoms with Gasteiger partial charge in [-0.15, -0.1) is 10.2 Å². The van der Waals surface area contributed by atoms with Gasteiger partial charge in [-0.3, -0.25) is 4.79 Å². The molecule has 0 spiro atoms. The molecule has 0 bridgehead atoms. The van der Waals surface area contributed by atoms with Crippen molar-refractivity contribution >= 4 is 17.6 Å². The first-order valence-electron chi connectivity index (χ1n) is 2.44. The van der Waals surface area contributed by atoms with Crippen LogP contribution in [-0.4, -0.2) is 17.6 Å². The molecule has 0 aromatic carbocycles. The molecule has 0 radical (unpaired) electrons. The second kappa shape index (κ2) is 3.84. The molecule has 0 aliphatic heterocycles. The number of primary amides is 1. The van der Waals surface area contributed by atoms with Crippen LogP contribution in [-0.2, 0) is 4.79 Å². The standard InChI is InChI=1S/C4H6N6O/c5-1-2(3(6)11)9-10-4(7)8/h(H2,6,11)(H4,7,8,10). The summed E-state index contributed by atoms with van der Waals surface area (Å²) in [6.07, 6.45) is 0. The number of hydrogen-bond donors (Lipinski definition) is 3. The molecule has 0 aromatic rings. The molecule has 7 heteroatoms. The molecule has 0 fully saturated rings. The maximum absolute atomic E-state index is 10.3. The largest absolute Gasteiger partial charge is 0.369 e. The fourth-order valence-corrected chi connectivity index (χ4v) is 0.234. The van der Waals surface area contributed by atoms with Crippen molar-refractivity contribution in [1.82, 2.24) is 0 Å². The Balaban J connectivity index is 4.54. The first-order valence-corrected chi connectivity index (χ1v) is 2.44. The van der Waals surface area contributed by atoms with Crippen molar-refractivity contribution in [2.24, 2.45) is 27.4 Å². The highest BCUT2D eigenvalue weighted by Crippen LogP contribution is 1.76. The number of guanidine groups is 1. The van der Waals surface area contributed by atoms with Crippen LogP contribution in [0.4, 0.5) is 0 Å². The smallest absolute Gasteiger partial charge is 0.280 e. The van der Waals surface area contributed by atoms with E-state index in [0.717, 1.165) is 0 Å². The van der Waals surface area contributed by atoms with Crippen LogP contribution in [0.3, 0.4) is 0 Å². The van der Waals surface area contributed by atoms with Crippen LogP contribution in [0.25, 0.3) is 0 Å². The Hall–Kier alpha value is -2.10. The number of rotatable bonds is 2. The average molecular weight is 154 g/mol. The highest BCUT2D eigenvalue weighted by molar-refractivity contribution is 6.44. The van der Waals surface area contributed by atoms with Crippen molar-refractivity contribution < 1.29 is 4.79 Å². The minimum absolute atomic E-state index is 0.348. The Morgan fingerprint density at radius 2 is 1.82 bits per heavy atom. The number of nitrogens with two attached hydrogens (primary N) is 3. The summed E-state index contributed by atoms with van der Waals surface area (Å²) in [7, 11) is 0. The van der Waals surface area contributed by atoms with E-state index in [4.69, 9.17) is 22.5 Å². The summed E-state index contributed by atoms with van der Waals surface area (Å²) >= 11 is 0. The third-order valence-electron chi connectivity index (χ3n) is 0.605. The van der Waals surface area contributed by atoms with Crippen molar-refractivity contribution in [3.05, 3.63) is 0 Å². The molecule has 0 unspecified atom stereocenters. The van der Waals surface area contributed by atoms with Crippen LogP contribution in [0.1, 0.15) is 0 Å². The van der Waals surface area contributed by atoms with Gasteiger partial charge in [-0.05, 0) is 0 Å². The molecule has 6 N–H and O–H groups in total. The second-order valence-corrected chi connectivity index (χ2v) is 1.45. The van der Waals surface area contributed by atoms with Crippen molar-refractivity contribution in [2.75, 3.05) is 0 Å². The van der Waals surface area contributed by atoms with Crippen LogP contribution >= 0.6 is 0 Å². The summed E-state index contributed by atoms with van der Waals surface area (Å²) in [5, 5.41) is 14.3. The Morgan fingerprint density at radius 1 is 1.27 bits per heavy atom. The second-order valence-electron chi connectivity index (χ2n) is 1.45. The maximum atomic E-state index is 10.3. The normalized spacial score (nSPS) is 9.91. The predicted molar refractivity (Wildman–Crippen MR) is 38.1 cm³/mol. The molecule has 0 atom stereocenters. The minimum atomic E-state index is -0.975. The molecule has 0 aromatic heterocycles. The van der Waals surface area contributed by atoms with Gasteiger partial charge in [0.15, 0.2) is 0 Å². The fraction of sp³-hybridized carbons (Fsp3) is 0. The Kier molecular flexibility index (Phi) is 3.10. The predicted octanol–water partition coefficient (Wildman–Crippen LogP) is -2.38. The van der Waals surface area contributed by atoms with E-state index in [1.807, 2.05) is 0 Å². The van der Waals surface area contributed by atoms with Crippen LogP contribution in [0.15, 0.2) is 10.2 Å². The average Bonchev–Trinajstić information content (AvgIpc) is 1.87. The van der Waals surface area contributed by atoms with Crippen molar-refractivity contribution in [2.45, 2.75) is 0 Å². The van der Waals surface area contributed by atoms with E-state index in [2.05, 4.69) is 10.2 Å². The van der Waals surface area contributed by atoms with Gasteiger partial charge < -0.3 is 17.2 Å². The molecular weight excluding hydrogens is 148 g/mol. The topological polar surface area (TPSA) is 144 Å². The lowest BCUT2D eigenvalue weighted by Gasteiger charge is -1.85. The highest BCUT2D eigenvalue weighted by Gasteiger charge is 2.03. The number of nitriles is 1. The van der Waals surface area contributed by atoms with Gasteiger partial charge in [0.05, 0.1) is 0 Å². The number of nitrogens with zero attached hydrogens (tertiary/aromatic N) is 3. The SMILES string of the molecule is N#CC(=NN=C(N)N)C(N)=O. The van der Waals surface area contributed by atoms with Crippen molar-refractivity contribution in [3.8, 4) is 6.07 Å². The molecule has 0 heterocycles. The number of carbonyl (C=O) groups excluding carboxylic acids is 1. The summed E-state index contributed by atoms with van der Waals surface area (Å²) in [5.41, 5.74) is 13.9. The van der Waals surface area contributed by atoms with Gasteiger partial charge in [0.2, 0.25) is 11.7 Å². The van der Waals surface area contributed by atoms with Gasteiger partial charge in [0.25, 0.3) is 5.91 Å². The fourth-order valence-electron chi connectivity index (χ4n) is 0.234. The van der Waals surface area contributed by atoms with Gasteiger partial charge >= 0.3 is 0 Å². The van der Waals surface area contributed by atoms with Crippen LogP contribution in [0, 0.1) is 11.3 Å². The summed E-state index contributed by atoms with van der Waals surface area (Å²) in [6, 6.07) is 1.41. The van der Waals surface area contributed by atoms with Crippen LogP contribution in [0.2, 0.25) is 0 Å². The molecule has 0 aliphatic carbocycles. The van der Waals surface area contributed by atoms with Crippen molar-refractivity contribution in [1.29, 1.82) is 5.26 Å². The van der Waals surface area contributed by atoms with Gasteiger partial charge in [0.1, 0.15) is 6.07 Å². The lowest BCUT2D eigenvalue weighted by molar-refractivity contribution is -0.111. The maximum Gasteiger partial charge on any atom is 0.280 e. The molecule has 1 amide bonds. The van der Waals surface area contributed by atoms with E-state index >= 15 is 0 Å². The van der Waals surface area contributed by atoms with E-state index in [-0.39, 0.29) is 5.96 Å². The summed E-state index contributed by atoms with van der Waals surface area (Å²) in [4.78, 5) is 10.3. The van der Waals surface area contributed by atoms with Crippen molar-refractivity contribution in [3.63, 3.8) is 0 Å². The summed E-state index contributed by atoms with van der Waals surface area (Å²) in [5.74, 6) is -1.32. The third-order valence-corrected chi connectivity index (χ3v) is 0.605. The quantitative estimate of drug-likeness (QED) is 0.232. The zero-order valence-corrected chi connectivity index (χ0v) is 5.48. The zero-order chi connectivity index (χ0) is 8.85. The molecule has 0 saturated heterocycles. The zero-order valence-electron chi connectivity index (χ0n) is 5.48. The Bertz CT molecular complexity index is 254. The van der Waals surface area contributed by atoms with Gasteiger partial charge in [-0.25, -0.2) is 0 Å². The number of carbonyl (C=O) groups is 1. The highest BCUT2D eigenvalue weighted by atomic mass is 16.1. The van der Waals surface area contributed by atoms with E-state index in [0.29, 0.717) is 0 Å². The van der Waals surface area contributed by atoms with E-state index < -0.39 is 11.6 Å². The van der Waals surface area contributed by atoms with Gasteiger partial charge in [0, 0.05) is 0 Å². The molecule has 58 valence electrons. The van der Waals surface area contributed by atoms with Crippen LogP contribution in [0.5, 0.6) is 0 Å². The molecule has 7 nitrogen and oxygen atoms in total. The molecule has 11 heavy (non-hydrogen) atoms.